The van der Waals surface area contributed by atoms with E-state index in [4.69, 9.17) is 0 Å². The Hall–Kier alpha value is -3.34. The van der Waals surface area contributed by atoms with E-state index in [2.05, 4.69) is 9.97 Å². The Bertz CT molecular complexity index is 1640. The SMILES string of the molecule is O=Pc1ccc(-c2cccc(S(=O)(=O)O)c2)nc1-c1cccc(-c2cccc(S(=O)(=O)O)c2)n1. The molecule has 4 rings (SSSR count). The van der Waals surface area contributed by atoms with Crippen molar-refractivity contribution in [3.8, 4) is 33.9 Å². The first-order valence-corrected chi connectivity index (χ1v) is 13.2. The third-order valence-electron chi connectivity index (χ3n) is 4.82. The molecular weight excluding hydrogens is 499 g/mol. The summed E-state index contributed by atoms with van der Waals surface area (Å²) in [5.74, 6) is 0. The first kappa shape index (κ1) is 23.8. The van der Waals surface area contributed by atoms with Crippen LogP contribution in [0.3, 0.4) is 0 Å². The van der Waals surface area contributed by atoms with Crippen LogP contribution in [-0.4, -0.2) is 35.9 Å². The number of rotatable bonds is 6. The molecule has 0 spiro atoms. The summed E-state index contributed by atoms with van der Waals surface area (Å²) in [5, 5.41) is 0.325. The monoisotopic (exact) mass is 514 g/mol. The third-order valence-corrected chi connectivity index (χ3v) is 7.08. The molecule has 2 N–H and O–H groups in total. The van der Waals surface area contributed by atoms with Gasteiger partial charge < -0.3 is 0 Å². The smallest absolute Gasteiger partial charge is 0.282 e. The van der Waals surface area contributed by atoms with Crippen LogP contribution in [0.2, 0.25) is 0 Å². The van der Waals surface area contributed by atoms with Gasteiger partial charge in [-0.05, 0) is 48.5 Å². The van der Waals surface area contributed by atoms with Gasteiger partial charge in [0.15, 0.2) is 8.46 Å². The van der Waals surface area contributed by atoms with E-state index in [0.29, 0.717) is 33.5 Å². The van der Waals surface area contributed by atoms with Gasteiger partial charge in [0.05, 0.1) is 32.2 Å². The fourth-order valence-corrected chi connectivity index (χ4v) is 4.67. The minimum atomic E-state index is -4.41. The van der Waals surface area contributed by atoms with Crippen molar-refractivity contribution in [2.24, 2.45) is 0 Å². The molecule has 0 saturated carbocycles. The van der Waals surface area contributed by atoms with E-state index >= 15 is 0 Å². The van der Waals surface area contributed by atoms with E-state index in [0.717, 1.165) is 0 Å². The maximum absolute atomic E-state index is 11.8. The number of pyridine rings is 2. The van der Waals surface area contributed by atoms with Gasteiger partial charge in [0.1, 0.15) is 5.69 Å². The summed E-state index contributed by atoms with van der Waals surface area (Å²) >= 11 is 0. The minimum Gasteiger partial charge on any atom is -0.282 e. The molecule has 2 aromatic heterocycles. The average Bonchev–Trinajstić information content (AvgIpc) is 2.83. The second-order valence-electron chi connectivity index (χ2n) is 7.07. The van der Waals surface area contributed by atoms with Crippen LogP contribution in [0.25, 0.3) is 33.9 Å². The van der Waals surface area contributed by atoms with Crippen LogP contribution < -0.4 is 5.30 Å². The summed E-state index contributed by atoms with van der Waals surface area (Å²) in [5.41, 5.74) is 2.17. The summed E-state index contributed by atoms with van der Waals surface area (Å²) in [6, 6.07) is 19.3. The molecule has 0 radical (unpaired) electrons. The molecule has 0 amide bonds. The highest BCUT2D eigenvalue weighted by atomic mass is 32.2. The second kappa shape index (κ2) is 9.13. The fraction of sp³-hybridized carbons (Fsp3) is 0. The lowest BCUT2D eigenvalue weighted by Gasteiger charge is -2.09. The zero-order valence-electron chi connectivity index (χ0n) is 17.1. The van der Waals surface area contributed by atoms with E-state index in [-0.39, 0.29) is 23.9 Å². The van der Waals surface area contributed by atoms with Crippen molar-refractivity contribution in [2.75, 3.05) is 0 Å². The Kier molecular flexibility index (Phi) is 6.39. The van der Waals surface area contributed by atoms with Crippen LogP contribution in [-0.2, 0) is 24.8 Å². The largest absolute Gasteiger partial charge is 0.294 e. The zero-order chi connectivity index (χ0) is 24.5. The Morgan fingerprint density at radius 1 is 0.618 bits per heavy atom. The highest BCUT2D eigenvalue weighted by Gasteiger charge is 2.16. The molecule has 0 unspecified atom stereocenters. The Morgan fingerprint density at radius 2 is 1.12 bits per heavy atom. The lowest BCUT2D eigenvalue weighted by molar-refractivity contribution is 0.481. The van der Waals surface area contributed by atoms with E-state index in [1.54, 1.807) is 42.5 Å². The molecule has 172 valence electrons. The second-order valence-corrected chi connectivity index (χ2v) is 10.6. The third kappa shape index (κ3) is 5.09. The molecule has 0 fully saturated rings. The van der Waals surface area contributed by atoms with Crippen molar-refractivity contribution in [3.05, 3.63) is 78.9 Å². The topological polar surface area (TPSA) is 152 Å². The van der Waals surface area contributed by atoms with E-state index in [1.807, 2.05) is 0 Å². The molecule has 2 heterocycles. The number of nitrogens with zero attached hydrogens (tertiary/aromatic N) is 2. The van der Waals surface area contributed by atoms with Gasteiger partial charge in [-0.2, -0.15) is 16.8 Å². The van der Waals surface area contributed by atoms with Crippen molar-refractivity contribution < 1.29 is 30.5 Å². The lowest BCUT2D eigenvalue weighted by Crippen LogP contribution is -2.05. The normalized spacial score (nSPS) is 12.1. The van der Waals surface area contributed by atoms with E-state index < -0.39 is 20.2 Å². The van der Waals surface area contributed by atoms with Gasteiger partial charge in [0, 0.05) is 11.1 Å². The first-order valence-electron chi connectivity index (χ1n) is 9.54. The maximum atomic E-state index is 11.8. The fourth-order valence-electron chi connectivity index (χ4n) is 3.23. The first-order chi connectivity index (χ1) is 16.1. The number of hydrogen-bond acceptors (Lipinski definition) is 7. The highest BCUT2D eigenvalue weighted by molar-refractivity contribution is 7.86. The zero-order valence-corrected chi connectivity index (χ0v) is 19.6. The molecule has 0 bridgehead atoms. The number of hydrogen-bond donors (Lipinski definition) is 2. The van der Waals surface area contributed by atoms with E-state index in [9.17, 15) is 30.5 Å². The predicted octanol–water partition coefficient (Wildman–Crippen LogP) is 3.89. The number of benzene rings is 2. The molecule has 9 nitrogen and oxygen atoms in total. The summed E-state index contributed by atoms with van der Waals surface area (Å²) < 4.78 is 76.4. The van der Waals surface area contributed by atoms with Gasteiger partial charge in [-0.1, -0.05) is 30.3 Å². The minimum absolute atomic E-state index is 0.263. The molecule has 12 heteroatoms. The lowest BCUT2D eigenvalue weighted by atomic mass is 10.1. The summed E-state index contributed by atoms with van der Waals surface area (Å²) in [4.78, 5) is 8.46. The van der Waals surface area contributed by atoms with Crippen molar-refractivity contribution in [1.82, 2.24) is 9.97 Å². The quantitative estimate of drug-likeness (QED) is 0.288. The van der Waals surface area contributed by atoms with Crippen LogP contribution in [0, 0.1) is 0 Å². The summed E-state index contributed by atoms with van der Waals surface area (Å²) in [6.07, 6.45) is 0. The standard InChI is InChI=1S/C22H15N2O7PS2/c25-32-21-11-10-19(15-5-2-7-17(13-15)34(29,30)31)24-22(21)20-9-3-8-18(23-20)14-4-1-6-16(12-14)33(26,27)28/h1-13H,(H,26,27,28)(H,29,30,31). The molecule has 0 aliphatic carbocycles. The van der Waals surface area contributed by atoms with Gasteiger partial charge in [-0.15, -0.1) is 0 Å². The molecular formula is C22H15N2O7PS2. The van der Waals surface area contributed by atoms with Crippen LogP contribution in [0.15, 0.2) is 88.7 Å². The van der Waals surface area contributed by atoms with Gasteiger partial charge in [0.25, 0.3) is 20.2 Å². The number of aromatic nitrogens is 2. The molecule has 0 aliphatic rings. The average molecular weight is 514 g/mol. The van der Waals surface area contributed by atoms with Crippen molar-refractivity contribution in [1.29, 1.82) is 0 Å². The van der Waals surface area contributed by atoms with Gasteiger partial charge in [-0.3, -0.25) is 13.7 Å². The van der Waals surface area contributed by atoms with Crippen molar-refractivity contribution in [3.63, 3.8) is 0 Å². The summed E-state index contributed by atoms with van der Waals surface area (Å²) in [6.45, 7) is 0. The van der Waals surface area contributed by atoms with Gasteiger partial charge in [-0.25, -0.2) is 9.97 Å². The molecule has 2 aromatic carbocycles. The maximum Gasteiger partial charge on any atom is 0.294 e. The molecule has 4 aromatic rings. The van der Waals surface area contributed by atoms with Crippen LogP contribution in [0.4, 0.5) is 0 Å². The Labute approximate surface area is 196 Å². The Morgan fingerprint density at radius 3 is 1.65 bits per heavy atom. The van der Waals surface area contributed by atoms with Gasteiger partial charge >= 0.3 is 0 Å². The summed E-state index contributed by atoms with van der Waals surface area (Å²) in [7, 11) is -9.13. The molecule has 0 saturated heterocycles. The Balaban J connectivity index is 1.83. The van der Waals surface area contributed by atoms with Crippen LogP contribution in [0.5, 0.6) is 0 Å². The molecule has 0 aliphatic heterocycles. The van der Waals surface area contributed by atoms with Gasteiger partial charge in [0.2, 0.25) is 0 Å². The molecule has 0 atom stereocenters. The van der Waals surface area contributed by atoms with Crippen molar-refractivity contribution in [2.45, 2.75) is 9.79 Å². The highest BCUT2D eigenvalue weighted by Crippen LogP contribution is 2.27. The van der Waals surface area contributed by atoms with Crippen LogP contribution in [0.1, 0.15) is 0 Å². The van der Waals surface area contributed by atoms with E-state index in [1.165, 1.54) is 36.4 Å². The molecule has 34 heavy (non-hydrogen) atoms. The van der Waals surface area contributed by atoms with Crippen LogP contribution >= 0.6 is 8.46 Å². The predicted molar refractivity (Wildman–Crippen MR) is 125 cm³/mol. The van der Waals surface area contributed by atoms with Crippen molar-refractivity contribution >= 4 is 34.0 Å².